The maximum Gasteiger partial charge on any atom is 0.333 e. The van der Waals surface area contributed by atoms with Crippen LogP contribution in [0.3, 0.4) is 0 Å². The second kappa shape index (κ2) is 6.27. The average Bonchev–Trinajstić information content (AvgIpc) is 2.29. The van der Waals surface area contributed by atoms with Crippen molar-refractivity contribution in [3.63, 3.8) is 0 Å². The smallest absolute Gasteiger partial charge is 0.333 e. The third kappa shape index (κ3) is 4.19. The highest BCUT2D eigenvalue weighted by atomic mass is 16.5. The molecule has 0 spiro atoms. The van der Waals surface area contributed by atoms with E-state index in [1.807, 2.05) is 0 Å². The molecule has 1 atom stereocenters. The Bertz CT molecular complexity index is 266. The van der Waals surface area contributed by atoms with Crippen LogP contribution in [-0.2, 0) is 14.3 Å². The molecule has 84 valence electrons. The van der Waals surface area contributed by atoms with Gasteiger partial charge in [0.1, 0.15) is 6.10 Å². The highest BCUT2D eigenvalue weighted by Crippen LogP contribution is 2.22. The van der Waals surface area contributed by atoms with Crippen molar-refractivity contribution in [2.45, 2.75) is 38.7 Å². The van der Waals surface area contributed by atoms with E-state index in [1.54, 1.807) is 0 Å². The molecular weight excluding hydrogens is 192 g/mol. The lowest BCUT2D eigenvalue weighted by molar-refractivity contribution is -0.135. The molecule has 3 nitrogen and oxygen atoms in total. The summed E-state index contributed by atoms with van der Waals surface area (Å²) < 4.78 is 9.89. The molecule has 1 aliphatic rings. The van der Waals surface area contributed by atoms with Crippen LogP contribution in [-0.4, -0.2) is 19.2 Å². The van der Waals surface area contributed by atoms with Crippen molar-refractivity contribution in [2.24, 2.45) is 0 Å². The van der Waals surface area contributed by atoms with Gasteiger partial charge >= 0.3 is 5.97 Å². The van der Waals surface area contributed by atoms with Gasteiger partial charge < -0.3 is 9.47 Å². The molecule has 0 aromatic heterocycles. The number of rotatable bonds is 4. The van der Waals surface area contributed by atoms with Gasteiger partial charge in [-0.15, -0.1) is 0 Å². The standard InChI is InChI=1S/C12H18O3/c1-3-10-5-4-6-11(9-10)15-8-7-12(13)14-2/h7-9,11H,3-6H2,1-2H3/b8-7+/t11-/m0/s1. The molecule has 0 N–H and O–H groups in total. The van der Waals surface area contributed by atoms with Crippen LogP contribution >= 0.6 is 0 Å². The summed E-state index contributed by atoms with van der Waals surface area (Å²) in [6.07, 6.45) is 9.45. The monoisotopic (exact) mass is 210 g/mol. The first kappa shape index (κ1) is 11.8. The quantitative estimate of drug-likeness (QED) is 0.309. The number of esters is 1. The Balaban J connectivity index is 2.38. The zero-order valence-corrected chi connectivity index (χ0v) is 9.36. The number of allylic oxidation sites excluding steroid dienone is 1. The summed E-state index contributed by atoms with van der Waals surface area (Å²) in [6.45, 7) is 2.15. The van der Waals surface area contributed by atoms with E-state index in [-0.39, 0.29) is 12.1 Å². The lowest BCUT2D eigenvalue weighted by atomic mass is 9.96. The molecule has 3 heteroatoms. The van der Waals surface area contributed by atoms with Crippen molar-refractivity contribution in [2.75, 3.05) is 7.11 Å². The van der Waals surface area contributed by atoms with E-state index < -0.39 is 0 Å². The summed E-state index contributed by atoms with van der Waals surface area (Å²) in [5.74, 6) is -0.384. The summed E-state index contributed by atoms with van der Waals surface area (Å²) in [5, 5.41) is 0. The van der Waals surface area contributed by atoms with Crippen molar-refractivity contribution >= 4 is 5.97 Å². The number of carbonyl (C=O) groups excluding carboxylic acids is 1. The fourth-order valence-electron chi connectivity index (χ4n) is 1.63. The van der Waals surface area contributed by atoms with E-state index in [9.17, 15) is 4.79 Å². The fraction of sp³-hybridized carbons (Fsp3) is 0.583. The zero-order chi connectivity index (χ0) is 11.1. The second-order valence-electron chi connectivity index (χ2n) is 3.57. The minimum absolute atomic E-state index is 0.120. The van der Waals surface area contributed by atoms with Gasteiger partial charge in [0.2, 0.25) is 0 Å². The maximum atomic E-state index is 10.8. The molecular formula is C12H18O3. The van der Waals surface area contributed by atoms with Gasteiger partial charge in [-0.05, 0) is 31.8 Å². The number of hydrogen-bond acceptors (Lipinski definition) is 3. The molecule has 0 aliphatic heterocycles. The topological polar surface area (TPSA) is 35.5 Å². The molecule has 0 unspecified atom stereocenters. The van der Waals surface area contributed by atoms with Gasteiger partial charge in [-0.3, -0.25) is 0 Å². The highest BCUT2D eigenvalue weighted by molar-refractivity contribution is 5.81. The summed E-state index contributed by atoms with van der Waals surface area (Å²) in [4.78, 5) is 10.8. The minimum atomic E-state index is -0.384. The zero-order valence-electron chi connectivity index (χ0n) is 9.36. The summed E-state index contributed by atoms with van der Waals surface area (Å²) in [7, 11) is 1.35. The molecule has 15 heavy (non-hydrogen) atoms. The van der Waals surface area contributed by atoms with Crippen LogP contribution in [0.4, 0.5) is 0 Å². The molecule has 0 aromatic carbocycles. The van der Waals surface area contributed by atoms with Gasteiger partial charge in [0.15, 0.2) is 0 Å². The van der Waals surface area contributed by atoms with Crippen LogP contribution in [0.2, 0.25) is 0 Å². The van der Waals surface area contributed by atoms with E-state index in [1.165, 1.54) is 31.4 Å². The van der Waals surface area contributed by atoms with E-state index >= 15 is 0 Å². The molecule has 0 radical (unpaired) electrons. The van der Waals surface area contributed by atoms with Crippen LogP contribution < -0.4 is 0 Å². The first-order chi connectivity index (χ1) is 7.26. The first-order valence-electron chi connectivity index (χ1n) is 5.35. The molecule has 0 amide bonds. The predicted octanol–water partition coefficient (Wildman–Crippen LogP) is 2.58. The van der Waals surface area contributed by atoms with E-state index in [0.717, 1.165) is 19.3 Å². The Morgan fingerprint density at radius 1 is 1.67 bits per heavy atom. The van der Waals surface area contributed by atoms with Gasteiger partial charge in [-0.2, -0.15) is 0 Å². The molecule has 1 aliphatic carbocycles. The number of ether oxygens (including phenoxy) is 2. The second-order valence-corrected chi connectivity index (χ2v) is 3.57. The SMILES string of the molecule is CCC1=C[C@@H](O/C=C/C(=O)OC)CCC1. The molecule has 0 saturated carbocycles. The maximum absolute atomic E-state index is 10.8. The van der Waals surface area contributed by atoms with E-state index in [0.29, 0.717) is 0 Å². The van der Waals surface area contributed by atoms with Gasteiger partial charge in [0.25, 0.3) is 0 Å². The summed E-state index contributed by atoms with van der Waals surface area (Å²) >= 11 is 0. The number of carbonyl (C=O) groups is 1. The highest BCUT2D eigenvalue weighted by Gasteiger charge is 2.12. The van der Waals surface area contributed by atoms with Crippen LogP contribution in [0, 0.1) is 0 Å². The Morgan fingerprint density at radius 3 is 3.13 bits per heavy atom. The lowest BCUT2D eigenvalue weighted by Gasteiger charge is -2.19. The molecule has 1 rings (SSSR count). The van der Waals surface area contributed by atoms with Crippen molar-refractivity contribution in [1.29, 1.82) is 0 Å². The van der Waals surface area contributed by atoms with Crippen molar-refractivity contribution in [3.8, 4) is 0 Å². The molecule has 0 saturated heterocycles. The Hall–Kier alpha value is -1.25. The predicted molar refractivity (Wildman–Crippen MR) is 58.3 cm³/mol. The largest absolute Gasteiger partial charge is 0.494 e. The Kier molecular flexibility index (Phi) is 4.95. The van der Waals surface area contributed by atoms with Gasteiger partial charge in [0.05, 0.1) is 19.4 Å². The number of hydrogen-bond donors (Lipinski definition) is 0. The fourth-order valence-corrected chi connectivity index (χ4v) is 1.63. The van der Waals surface area contributed by atoms with Crippen LogP contribution in [0.15, 0.2) is 24.0 Å². The minimum Gasteiger partial charge on any atom is -0.494 e. The third-order valence-corrected chi connectivity index (χ3v) is 2.52. The molecule has 0 heterocycles. The lowest BCUT2D eigenvalue weighted by Crippen LogP contribution is -2.12. The van der Waals surface area contributed by atoms with E-state index in [4.69, 9.17) is 4.74 Å². The summed E-state index contributed by atoms with van der Waals surface area (Å²) in [5.41, 5.74) is 1.44. The Morgan fingerprint density at radius 2 is 2.47 bits per heavy atom. The first-order valence-corrected chi connectivity index (χ1v) is 5.35. The normalized spacial score (nSPS) is 21.2. The summed E-state index contributed by atoms with van der Waals surface area (Å²) in [6, 6.07) is 0. The molecule has 0 fully saturated rings. The van der Waals surface area contributed by atoms with Gasteiger partial charge in [0, 0.05) is 0 Å². The third-order valence-electron chi connectivity index (χ3n) is 2.52. The number of methoxy groups -OCH3 is 1. The molecule has 0 aromatic rings. The van der Waals surface area contributed by atoms with Crippen LogP contribution in [0.5, 0.6) is 0 Å². The van der Waals surface area contributed by atoms with Gasteiger partial charge in [-0.25, -0.2) is 4.79 Å². The Labute approximate surface area is 90.8 Å². The van der Waals surface area contributed by atoms with Crippen molar-refractivity contribution in [1.82, 2.24) is 0 Å². The average molecular weight is 210 g/mol. The van der Waals surface area contributed by atoms with Gasteiger partial charge in [-0.1, -0.05) is 12.5 Å². The van der Waals surface area contributed by atoms with Crippen LogP contribution in [0.1, 0.15) is 32.6 Å². The van der Waals surface area contributed by atoms with Crippen molar-refractivity contribution in [3.05, 3.63) is 24.0 Å². The van der Waals surface area contributed by atoms with Crippen molar-refractivity contribution < 1.29 is 14.3 Å². The van der Waals surface area contributed by atoms with Crippen LogP contribution in [0.25, 0.3) is 0 Å². The molecule has 0 bridgehead atoms. The van der Waals surface area contributed by atoms with E-state index in [2.05, 4.69) is 17.7 Å².